The van der Waals surface area contributed by atoms with Crippen molar-refractivity contribution < 1.29 is 4.79 Å². The molecule has 11 heavy (non-hydrogen) atoms. The molecule has 0 N–H and O–H groups in total. The zero-order valence-electron chi connectivity index (χ0n) is 5.14. The molecule has 0 bridgehead atoms. The zero-order chi connectivity index (χ0) is 8.43. The molecule has 0 saturated heterocycles. The molecule has 1 heterocycles. The van der Waals surface area contributed by atoms with Crippen molar-refractivity contribution in [1.82, 2.24) is 4.98 Å². The van der Waals surface area contributed by atoms with Crippen LogP contribution in [0.25, 0.3) is 0 Å². The van der Waals surface area contributed by atoms with Gasteiger partial charge < -0.3 is 0 Å². The Hall–Kier alpha value is 0.130. The summed E-state index contributed by atoms with van der Waals surface area (Å²) in [5.41, 5.74) is 0.208. The molecule has 1 aromatic heterocycles. The molecule has 0 aliphatic rings. The molecule has 58 valence electrons. The van der Waals surface area contributed by atoms with Crippen LogP contribution >= 0.6 is 45.8 Å². The Kier molecular flexibility index (Phi) is 3.09. The van der Waals surface area contributed by atoms with E-state index in [1.54, 1.807) is 28.7 Å². The Morgan fingerprint density at radius 3 is 2.55 bits per heavy atom. The highest BCUT2D eigenvalue weighted by atomic mass is 127. The maximum atomic E-state index is 10.8. The quantitative estimate of drug-likeness (QED) is 0.453. The van der Waals surface area contributed by atoms with Crippen LogP contribution in [0.3, 0.4) is 0 Å². The third-order valence-corrected chi connectivity index (χ3v) is 2.02. The average Bonchev–Trinajstić information content (AvgIpc) is 1.94. The number of hydrogen-bond donors (Lipinski definition) is 0. The van der Waals surface area contributed by atoms with Gasteiger partial charge in [-0.1, -0.05) is 23.2 Å². The van der Waals surface area contributed by atoms with Crippen LogP contribution in [0, 0.1) is 0 Å². The highest BCUT2D eigenvalue weighted by Crippen LogP contribution is 2.18. The number of rotatable bonds is 1. The van der Waals surface area contributed by atoms with Crippen LogP contribution in [0.15, 0.2) is 12.1 Å². The summed E-state index contributed by atoms with van der Waals surface area (Å²) in [5.74, 6) is 0. The molecule has 2 nitrogen and oxygen atoms in total. The molecule has 5 heteroatoms. The third-order valence-electron chi connectivity index (χ3n) is 0.998. The summed E-state index contributed by atoms with van der Waals surface area (Å²) in [6, 6.07) is 3.08. The van der Waals surface area contributed by atoms with Gasteiger partial charge in [0.2, 0.25) is 3.79 Å². The second-order valence-electron chi connectivity index (χ2n) is 1.74. The largest absolute Gasteiger partial charge is 0.280 e. The van der Waals surface area contributed by atoms with Gasteiger partial charge in [0, 0.05) is 22.6 Å². The second kappa shape index (κ2) is 3.69. The number of pyridine rings is 1. The Bertz CT molecular complexity index is 303. The first-order valence-corrected chi connectivity index (χ1v) is 4.46. The highest BCUT2D eigenvalue weighted by Gasteiger charge is 2.08. The van der Waals surface area contributed by atoms with Crippen LogP contribution in [0.5, 0.6) is 0 Å². The van der Waals surface area contributed by atoms with Gasteiger partial charge in [0.25, 0.3) is 0 Å². The van der Waals surface area contributed by atoms with Gasteiger partial charge in [0.15, 0.2) is 0 Å². The van der Waals surface area contributed by atoms with E-state index in [0.717, 1.165) is 0 Å². The van der Waals surface area contributed by atoms with Gasteiger partial charge in [-0.2, -0.15) is 0 Å². The van der Waals surface area contributed by atoms with Gasteiger partial charge in [-0.05, 0) is 12.1 Å². The van der Waals surface area contributed by atoms with E-state index in [1.807, 2.05) is 0 Å². The number of nitrogens with zero attached hydrogens (tertiary/aromatic N) is 1. The molecule has 0 unspecified atom stereocenters. The molecule has 0 spiro atoms. The maximum Gasteiger partial charge on any atom is 0.242 e. The summed E-state index contributed by atoms with van der Waals surface area (Å²) >= 11 is 12.8. The van der Waals surface area contributed by atoms with E-state index in [2.05, 4.69) is 4.98 Å². The molecule has 1 rings (SSSR count). The highest BCUT2D eigenvalue weighted by molar-refractivity contribution is 14.1. The predicted molar refractivity (Wildman–Crippen MR) is 52.6 cm³/mol. The standard InChI is InChI=1S/C6H2Cl2INO/c7-3-1-2-4(8)10-5(3)6(9)11/h1-2H. The Balaban J connectivity index is 3.23. The minimum atomic E-state index is -0.213. The van der Waals surface area contributed by atoms with E-state index in [-0.39, 0.29) is 14.6 Å². The van der Waals surface area contributed by atoms with Gasteiger partial charge in [-0.15, -0.1) is 0 Å². The summed E-state index contributed by atoms with van der Waals surface area (Å²) < 4.78 is -0.213. The fourth-order valence-corrected chi connectivity index (χ4v) is 1.47. The summed E-state index contributed by atoms with van der Waals surface area (Å²) in [6.07, 6.45) is 0. The topological polar surface area (TPSA) is 30.0 Å². The first kappa shape index (κ1) is 9.22. The first-order chi connectivity index (χ1) is 5.11. The average molecular weight is 302 g/mol. The molecule has 0 radical (unpaired) electrons. The number of carbonyl (C=O) groups is 1. The molecular formula is C6H2Cl2INO. The molecule has 0 fully saturated rings. The van der Waals surface area contributed by atoms with Gasteiger partial charge in [-0.25, -0.2) is 4.98 Å². The predicted octanol–water partition coefficient (Wildman–Crippen LogP) is 2.96. The molecule has 0 aliphatic heterocycles. The zero-order valence-corrected chi connectivity index (χ0v) is 8.81. The minimum Gasteiger partial charge on any atom is -0.280 e. The van der Waals surface area contributed by atoms with Crippen LogP contribution in [0.1, 0.15) is 10.5 Å². The van der Waals surface area contributed by atoms with E-state index in [0.29, 0.717) is 5.02 Å². The molecule has 1 aromatic rings. The number of halogens is 3. The lowest BCUT2D eigenvalue weighted by Crippen LogP contribution is -1.94. The normalized spacial score (nSPS) is 9.73. The SMILES string of the molecule is O=C(I)c1nc(Cl)ccc1Cl. The lowest BCUT2D eigenvalue weighted by Gasteiger charge is -1.96. The molecule has 0 atom stereocenters. The Labute approximate surface area is 87.0 Å². The van der Waals surface area contributed by atoms with Gasteiger partial charge in [0.1, 0.15) is 10.8 Å². The van der Waals surface area contributed by atoms with E-state index < -0.39 is 0 Å². The summed E-state index contributed by atoms with van der Waals surface area (Å²) in [6.45, 7) is 0. The number of carbonyl (C=O) groups excluding carboxylic acids is 1. The van der Waals surface area contributed by atoms with Gasteiger partial charge in [0.05, 0.1) is 5.02 Å². The molecule has 0 aliphatic carbocycles. The third kappa shape index (κ3) is 2.28. The van der Waals surface area contributed by atoms with Crippen molar-refractivity contribution in [2.24, 2.45) is 0 Å². The van der Waals surface area contributed by atoms with E-state index in [4.69, 9.17) is 23.2 Å². The van der Waals surface area contributed by atoms with Crippen molar-refractivity contribution in [2.45, 2.75) is 0 Å². The number of aromatic nitrogens is 1. The van der Waals surface area contributed by atoms with E-state index >= 15 is 0 Å². The number of hydrogen-bond acceptors (Lipinski definition) is 2. The van der Waals surface area contributed by atoms with Crippen LogP contribution in [-0.2, 0) is 0 Å². The lowest BCUT2D eigenvalue weighted by atomic mass is 10.4. The Morgan fingerprint density at radius 2 is 2.09 bits per heavy atom. The summed E-state index contributed by atoms with van der Waals surface area (Å²) in [4.78, 5) is 14.5. The monoisotopic (exact) mass is 301 g/mol. The Morgan fingerprint density at radius 1 is 1.45 bits per heavy atom. The van der Waals surface area contributed by atoms with Crippen molar-refractivity contribution in [3.05, 3.63) is 28.0 Å². The van der Waals surface area contributed by atoms with Crippen molar-refractivity contribution in [1.29, 1.82) is 0 Å². The smallest absolute Gasteiger partial charge is 0.242 e. The summed E-state index contributed by atoms with van der Waals surface area (Å²) in [5, 5.41) is 0.600. The van der Waals surface area contributed by atoms with Crippen LogP contribution < -0.4 is 0 Å². The van der Waals surface area contributed by atoms with Gasteiger partial charge >= 0.3 is 0 Å². The van der Waals surface area contributed by atoms with Gasteiger partial charge in [-0.3, -0.25) is 4.79 Å². The van der Waals surface area contributed by atoms with E-state index in [1.165, 1.54) is 6.07 Å². The fourth-order valence-electron chi connectivity index (χ4n) is 0.556. The minimum absolute atomic E-state index is 0.208. The van der Waals surface area contributed by atoms with Crippen LogP contribution in [0.4, 0.5) is 0 Å². The molecule has 0 amide bonds. The van der Waals surface area contributed by atoms with Crippen molar-refractivity contribution in [3.63, 3.8) is 0 Å². The lowest BCUT2D eigenvalue weighted by molar-refractivity contribution is 0.110. The van der Waals surface area contributed by atoms with Crippen LogP contribution in [0.2, 0.25) is 10.2 Å². The van der Waals surface area contributed by atoms with E-state index in [9.17, 15) is 4.79 Å². The van der Waals surface area contributed by atoms with Crippen molar-refractivity contribution >= 4 is 49.6 Å². The molecular weight excluding hydrogens is 300 g/mol. The van der Waals surface area contributed by atoms with Crippen molar-refractivity contribution in [3.8, 4) is 0 Å². The first-order valence-electron chi connectivity index (χ1n) is 2.63. The van der Waals surface area contributed by atoms with Crippen LogP contribution in [-0.4, -0.2) is 8.77 Å². The maximum absolute atomic E-state index is 10.8. The van der Waals surface area contributed by atoms with Crippen molar-refractivity contribution in [2.75, 3.05) is 0 Å². The molecule has 0 aromatic carbocycles. The fraction of sp³-hybridized carbons (Fsp3) is 0. The summed E-state index contributed by atoms with van der Waals surface area (Å²) in [7, 11) is 0. The second-order valence-corrected chi connectivity index (χ2v) is 3.51. The molecule has 0 saturated carbocycles.